The topological polar surface area (TPSA) is 63.9 Å². The molecule has 4 heterocycles. The zero-order valence-electron chi connectivity index (χ0n) is 13.9. The van der Waals surface area contributed by atoms with Crippen LogP contribution in [0.2, 0.25) is 0 Å². The molecule has 0 N–H and O–H groups in total. The number of pyridine rings is 1. The van der Waals surface area contributed by atoms with Crippen LogP contribution in [0.3, 0.4) is 0 Å². The summed E-state index contributed by atoms with van der Waals surface area (Å²) in [6, 6.07) is 3.76. The highest BCUT2D eigenvalue weighted by Gasteiger charge is 2.25. The third-order valence-electron chi connectivity index (χ3n) is 4.59. The van der Waals surface area contributed by atoms with Gasteiger partial charge in [0, 0.05) is 37.1 Å². The van der Waals surface area contributed by atoms with Gasteiger partial charge in [-0.05, 0) is 31.9 Å². The van der Waals surface area contributed by atoms with Gasteiger partial charge in [-0.1, -0.05) is 0 Å². The fraction of sp³-hybridized carbons (Fsp3) is 0.333. The Morgan fingerprint density at radius 1 is 1.28 bits per heavy atom. The summed E-state index contributed by atoms with van der Waals surface area (Å²) < 4.78 is 15.2. The van der Waals surface area contributed by atoms with Crippen molar-refractivity contribution >= 4 is 16.9 Å². The molecule has 0 spiro atoms. The van der Waals surface area contributed by atoms with Crippen molar-refractivity contribution in [3.63, 3.8) is 0 Å². The van der Waals surface area contributed by atoms with E-state index < -0.39 is 6.17 Å². The summed E-state index contributed by atoms with van der Waals surface area (Å²) in [5.74, 6) is 0.597. The van der Waals surface area contributed by atoms with Crippen LogP contribution in [0, 0.1) is 6.92 Å². The Morgan fingerprint density at radius 2 is 2.08 bits per heavy atom. The molecule has 3 aromatic heterocycles. The van der Waals surface area contributed by atoms with Gasteiger partial charge in [0.05, 0.1) is 17.5 Å². The van der Waals surface area contributed by atoms with Gasteiger partial charge in [-0.2, -0.15) is 0 Å². The third kappa shape index (κ3) is 2.86. The Balaban J connectivity index is 1.70. The number of hydrogen-bond acceptors (Lipinski definition) is 4. The first-order valence-electron chi connectivity index (χ1n) is 8.32. The standard InChI is InChI=1S/C18H18FN5O/c1-12-15(18(25)23-7-3-14(19)4-8-23)10-13-2-9-24(17(13)22-12)16-11-20-5-6-21-16/h2,5-6,9-11,14H,3-4,7-8H2,1H3. The number of rotatable bonds is 2. The summed E-state index contributed by atoms with van der Waals surface area (Å²) in [6.07, 6.45) is 6.78. The molecule has 0 saturated carbocycles. The molecule has 0 bridgehead atoms. The number of piperidine rings is 1. The molecule has 128 valence electrons. The van der Waals surface area contributed by atoms with Crippen molar-refractivity contribution in [2.24, 2.45) is 0 Å². The second-order valence-electron chi connectivity index (χ2n) is 6.25. The first kappa shape index (κ1) is 15.7. The number of nitrogens with zero attached hydrogens (tertiary/aromatic N) is 5. The molecule has 0 unspecified atom stereocenters. The Morgan fingerprint density at radius 3 is 2.80 bits per heavy atom. The summed E-state index contributed by atoms with van der Waals surface area (Å²) in [7, 11) is 0. The largest absolute Gasteiger partial charge is 0.338 e. The Bertz CT molecular complexity index is 916. The summed E-state index contributed by atoms with van der Waals surface area (Å²) in [5.41, 5.74) is 1.96. The van der Waals surface area contributed by atoms with E-state index in [4.69, 9.17) is 0 Å². The van der Waals surface area contributed by atoms with Crippen LogP contribution in [0.4, 0.5) is 4.39 Å². The number of aromatic nitrogens is 4. The normalized spacial score (nSPS) is 15.7. The average molecular weight is 339 g/mol. The first-order valence-corrected chi connectivity index (χ1v) is 8.32. The van der Waals surface area contributed by atoms with E-state index in [0.29, 0.717) is 43.0 Å². The van der Waals surface area contributed by atoms with Crippen LogP contribution < -0.4 is 0 Å². The maximum Gasteiger partial charge on any atom is 0.255 e. The molecular weight excluding hydrogens is 321 g/mol. The molecule has 1 amide bonds. The SMILES string of the molecule is Cc1nc2c(ccn2-c2cnccn2)cc1C(=O)N1CCC(F)CC1. The van der Waals surface area contributed by atoms with E-state index >= 15 is 0 Å². The molecule has 0 aromatic carbocycles. The zero-order chi connectivity index (χ0) is 17.4. The van der Waals surface area contributed by atoms with Crippen molar-refractivity contribution in [2.45, 2.75) is 25.9 Å². The number of amides is 1. The van der Waals surface area contributed by atoms with E-state index in [2.05, 4.69) is 15.0 Å². The predicted octanol–water partition coefficient (Wildman–Crippen LogP) is 2.70. The Labute approximate surface area is 144 Å². The molecule has 6 nitrogen and oxygen atoms in total. The van der Waals surface area contributed by atoms with Crippen molar-refractivity contribution in [1.29, 1.82) is 0 Å². The van der Waals surface area contributed by atoms with Gasteiger partial charge in [-0.25, -0.2) is 14.4 Å². The van der Waals surface area contributed by atoms with Crippen LogP contribution in [-0.2, 0) is 0 Å². The van der Waals surface area contributed by atoms with Crippen molar-refractivity contribution in [1.82, 2.24) is 24.4 Å². The van der Waals surface area contributed by atoms with Crippen LogP contribution in [0.1, 0.15) is 28.9 Å². The molecule has 1 fully saturated rings. The third-order valence-corrected chi connectivity index (χ3v) is 4.59. The minimum absolute atomic E-state index is 0.0777. The van der Waals surface area contributed by atoms with Gasteiger partial charge in [0.25, 0.3) is 5.91 Å². The minimum Gasteiger partial charge on any atom is -0.338 e. The van der Waals surface area contributed by atoms with Crippen molar-refractivity contribution in [2.75, 3.05) is 13.1 Å². The first-order chi connectivity index (χ1) is 12.1. The maximum atomic E-state index is 13.3. The maximum absolute atomic E-state index is 13.3. The lowest BCUT2D eigenvalue weighted by Gasteiger charge is -2.29. The molecule has 1 saturated heterocycles. The van der Waals surface area contributed by atoms with Crippen molar-refractivity contribution < 1.29 is 9.18 Å². The lowest BCUT2D eigenvalue weighted by atomic mass is 10.1. The highest BCUT2D eigenvalue weighted by atomic mass is 19.1. The van der Waals surface area contributed by atoms with E-state index in [0.717, 1.165) is 11.0 Å². The van der Waals surface area contributed by atoms with Crippen LogP contribution in [0.15, 0.2) is 36.9 Å². The number of halogens is 1. The number of alkyl halides is 1. The Hall–Kier alpha value is -2.83. The van der Waals surface area contributed by atoms with E-state index in [-0.39, 0.29) is 5.91 Å². The molecule has 0 atom stereocenters. The van der Waals surface area contributed by atoms with Gasteiger partial charge in [0.2, 0.25) is 0 Å². The summed E-state index contributed by atoms with van der Waals surface area (Å²) in [4.78, 5) is 27.5. The number of aryl methyl sites for hydroxylation is 1. The van der Waals surface area contributed by atoms with Gasteiger partial charge >= 0.3 is 0 Å². The molecular formula is C18H18FN5O. The average Bonchev–Trinajstić information content (AvgIpc) is 3.04. The fourth-order valence-corrected chi connectivity index (χ4v) is 3.19. The van der Waals surface area contributed by atoms with E-state index in [1.807, 2.05) is 29.8 Å². The van der Waals surface area contributed by atoms with Crippen LogP contribution in [0.5, 0.6) is 0 Å². The highest BCUT2D eigenvalue weighted by Crippen LogP contribution is 2.23. The van der Waals surface area contributed by atoms with Gasteiger partial charge in [0.1, 0.15) is 11.8 Å². The van der Waals surface area contributed by atoms with Gasteiger partial charge < -0.3 is 4.90 Å². The molecule has 0 aliphatic carbocycles. The number of hydrogen-bond donors (Lipinski definition) is 0. The van der Waals surface area contributed by atoms with Crippen LogP contribution >= 0.6 is 0 Å². The lowest BCUT2D eigenvalue weighted by molar-refractivity contribution is 0.0666. The monoisotopic (exact) mass is 339 g/mol. The number of fused-ring (bicyclic) bond motifs is 1. The number of likely N-dealkylation sites (tertiary alicyclic amines) is 1. The second kappa shape index (κ2) is 6.23. The smallest absolute Gasteiger partial charge is 0.255 e. The van der Waals surface area contributed by atoms with Gasteiger partial charge in [-0.15, -0.1) is 0 Å². The van der Waals surface area contributed by atoms with Gasteiger partial charge in [-0.3, -0.25) is 14.3 Å². The van der Waals surface area contributed by atoms with Crippen LogP contribution in [-0.4, -0.2) is 49.6 Å². The quantitative estimate of drug-likeness (QED) is 0.720. The molecule has 1 aliphatic heterocycles. The molecule has 25 heavy (non-hydrogen) atoms. The zero-order valence-corrected chi connectivity index (χ0v) is 13.9. The van der Waals surface area contributed by atoms with E-state index in [1.165, 1.54) is 0 Å². The van der Waals surface area contributed by atoms with Crippen LogP contribution in [0.25, 0.3) is 16.9 Å². The number of carbonyl (C=O) groups excluding carboxylic acids is 1. The lowest BCUT2D eigenvalue weighted by Crippen LogP contribution is -2.39. The highest BCUT2D eigenvalue weighted by molar-refractivity contribution is 5.98. The molecule has 3 aromatic rings. The molecule has 4 rings (SSSR count). The minimum atomic E-state index is -0.799. The Kier molecular flexibility index (Phi) is 3.91. The van der Waals surface area contributed by atoms with Gasteiger partial charge in [0.15, 0.2) is 5.82 Å². The van der Waals surface area contributed by atoms with E-state index in [9.17, 15) is 9.18 Å². The summed E-state index contributed by atoms with van der Waals surface area (Å²) >= 11 is 0. The molecule has 1 aliphatic rings. The number of carbonyl (C=O) groups is 1. The fourth-order valence-electron chi connectivity index (χ4n) is 3.19. The van der Waals surface area contributed by atoms with Crippen molar-refractivity contribution in [3.05, 3.63) is 48.2 Å². The summed E-state index contributed by atoms with van der Waals surface area (Å²) in [6.45, 7) is 2.73. The van der Waals surface area contributed by atoms with Crippen molar-refractivity contribution in [3.8, 4) is 5.82 Å². The summed E-state index contributed by atoms with van der Waals surface area (Å²) in [5, 5.41) is 0.861. The van der Waals surface area contributed by atoms with E-state index in [1.54, 1.807) is 23.5 Å². The predicted molar refractivity (Wildman–Crippen MR) is 91.4 cm³/mol. The molecule has 7 heteroatoms. The molecule has 0 radical (unpaired) electrons. The second-order valence-corrected chi connectivity index (χ2v) is 6.25.